The molecule has 0 aromatic heterocycles. The lowest BCUT2D eigenvalue weighted by Crippen LogP contribution is -2.30. The van der Waals surface area contributed by atoms with Crippen molar-refractivity contribution < 1.29 is 80.2 Å². The van der Waals surface area contributed by atoms with Crippen molar-refractivity contribution >= 4 is 39.5 Å². The Bertz CT molecular complexity index is 2020. The first-order chi connectivity index (χ1) is 48.4. The fraction of sp³-hybridized carbons (Fsp3) is 0.901. The van der Waals surface area contributed by atoms with Gasteiger partial charge in [-0.25, -0.2) is 9.13 Å². The number of ether oxygens (including phenoxy) is 4. The van der Waals surface area contributed by atoms with Crippen molar-refractivity contribution in [2.75, 3.05) is 39.6 Å². The topological polar surface area (TPSA) is 237 Å². The van der Waals surface area contributed by atoms with E-state index >= 15 is 0 Å². The SMILES string of the molecule is CCCCCC/C=C\C=C/CCCCCCCC(=O)OC[C@H](COP(=O)(O)OC[C@@H](O)COP(=O)(O)OC[C@@H](COC(=O)CCCCCCCCCCC(C)C)OC(=O)CCCCCCCCCCCCC(C)C)OC(=O)CCCCCCCCCCCCCCCCCCCCCCC. The standard InChI is InChI=1S/C81H154O17P2/c1-7-9-11-13-15-17-19-21-23-24-25-26-27-28-30-32-34-39-47-53-59-65-80(85)97-76(69-91-78(83)63-57-51-45-38-33-31-29-22-20-18-16-14-12-10-8-2)71-95-99(87,88)93-67-75(82)68-94-100(89,90)96-72-77(70-92-79(84)64-58-52-46-42-41-44-50-56-62-74(5)6)98-81(86)66-60-54-48-40-36-35-37-43-49-55-61-73(3)4/h18,20,22,29,73-77,82H,7-17,19,21,23-28,30-72H2,1-6H3,(H,87,88)(H,89,90)/b20-18-,29-22-/t75-,76-,77-/m1/s1. The van der Waals surface area contributed by atoms with Crippen LogP contribution in [0, 0.1) is 11.8 Å². The number of phosphoric ester groups is 2. The Balaban J connectivity index is 5.26. The van der Waals surface area contributed by atoms with Crippen molar-refractivity contribution in [2.24, 2.45) is 11.8 Å². The average molecular weight is 1460 g/mol. The lowest BCUT2D eigenvalue weighted by atomic mass is 10.0. The van der Waals surface area contributed by atoms with Crippen molar-refractivity contribution in [1.29, 1.82) is 0 Å². The first kappa shape index (κ1) is 97.5. The Kier molecular flexibility index (Phi) is 70.3. The average Bonchev–Trinajstić information content (AvgIpc) is 0.924. The maximum absolute atomic E-state index is 13.1. The van der Waals surface area contributed by atoms with Crippen molar-refractivity contribution in [2.45, 2.75) is 419 Å². The summed E-state index contributed by atoms with van der Waals surface area (Å²) in [4.78, 5) is 73.0. The van der Waals surface area contributed by atoms with E-state index in [0.717, 1.165) is 121 Å². The van der Waals surface area contributed by atoms with Gasteiger partial charge in [0.15, 0.2) is 12.2 Å². The number of carbonyl (C=O) groups is 4. The molecule has 5 atom stereocenters. The molecular weight excluding hydrogens is 1310 g/mol. The Hall–Kier alpha value is -2.46. The molecule has 0 fully saturated rings. The minimum Gasteiger partial charge on any atom is -0.462 e. The number of allylic oxidation sites excluding steroid dienone is 4. The predicted molar refractivity (Wildman–Crippen MR) is 409 cm³/mol. The van der Waals surface area contributed by atoms with E-state index in [0.29, 0.717) is 25.7 Å². The molecule has 0 aromatic carbocycles. The normalized spacial score (nSPS) is 14.1. The largest absolute Gasteiger partial charge is 0.472 e. The molecule has 0 rings (SSSR count). The summed E-state index contributed by atoms with van der Waals surface area (Å²) in [6.07, 6.45) is 64.8. The zero-order chi connectivity index (χ0) is 73.5. The van der Waals surface area contributed by atoms with Crippen molar-refractivity contribution in [3.05, 3.63) is 24.3 Å². The summed E-state index contributed by atoms with van der Waals surface area (Å²) < 4.78 is 68.6. The molecule has 17 nitrogen and oxygen atoms in total. The number of hydrogen-bond donors (Lipinski definition) is 3. The third-order valence-corrected chi connectivity index (χ3v) is 20.2. The summed E-state index contributed by atoms with van der Waals surface area (Å²) in [5, 5.41) is 10.6. The van der Waals surface area contributed by atoms with E-state index in [4.69, 9.17) is 37.0 Å². The number of aliphatic hydroxyl groups excluding tert-OH is 1. The van der Waals surface area contributed by atoms with Crippen LogP contribution in [0.2, 0.25) is 0 Å². The van der Waals surface area contributed by atoms with Crippen molar-refractivity contribution in [3.63, 3.8) is 0 Å². The number of unbranched alkanes of at least 4 members (excludes halogenated alkanes) is 45. The van der Waals surface area contributed by atoms with E-state index < -0.39 is 97.5 Å². The second-order valence-corrected chi connectivity index (χ2v) is 32.3. The molecule has 0 heterocycles. The molecule has 0 spiro atoms. The fourth-order valence-corrected chi connectivity index (χ4v) is 13.6. The first-order valence-corrected chi connectivity index (χ1v) is 44.3. The molecule has 590 valence electrons. The maximum Gasteiger partial charge on any atom is 0.472 e. The van der Waals surface area contributed by atoms with Gasteiger partial charge in [-0.15, -0.1) is 0 Å². The van der Waals surface area contributed by atoms with Crippen LogP contribution in [0.4, 0.5) is 0 Å². The van der Waals surface area contributed by atoms with Gasteiger partial charge in [0.2, 0.25) is 0 Å². The number of aliphatic hydroxyl groups is 1. The highest BCUT2D eigenvalue weighted by Crippen LogP contribution is 2.45. The van der Waals surface area contributed by atoms with E-state index in [-0.39, 0.29) is 25.7 Å². The molecule has 0 amide bonds. The van der Waals surface area contributed by atoms with Crippen LogP contribution in [-0.2, 0) is 65.4 Å². The van der Waals surface area contributed by atoms with Crippen LogP contribution in [-0.4, -0.2) is 96.7 Å². The van der Waals surface area contributed by atoms with Crippen molar-refractivity contribution in [1.82, 2.24) is 0 Å². The molecule has 0 saturated heterocycles. The summed E-state index contributed by atoms with van der Waals surface area (Å²) >= 11 is 0. The van der Waals surface area contributed by atoms with Crippen LogP contribution in [0.25, 0.3) is 0 Å². The van der Waals surface area contributed by atoms with Crippen LogP contribution in [0.1, 0.15) is 401 Å². The highest BCUT2D eigenvalue weighted by atomic mass is 31.2. The Labute approximate surface area is 612 Å². The minimum absolute atomic E-state index is 0.102. The van der Waals surface area contributed by atoms with E-state index in [1.54, 1.807) is 0 Å². The van der Waals surface area contributed by atoms with Crippen LogP contribution < -0.4 is 0 Å². The van der Waals surface area contributed by atoms with Gasteiger partial charge in [-0.3, -0.25) is 37.3 Å². The smallest absolute Gasteiger partial charge is 0.462 e. The fourth-order valence-electron chi connectivity index (χ4n) is 12.0. The van der Waals surface area contributed by atoms with Crippen LogP contribution in [0.15, 0.2) is 24.3 Å². The van der Waals surface area contributed by atoms with E-state index in [1.165, 1.54) is 199 Å². The number of hydrogen-bond acceptors (Lipinski definition) is 15. The molecule has 0 saturated carbocycles. The number of carbonyl (C=O) groups excluding carboxylic acids is 4. The zero-order valence-corrected chi connectivity index (χ0v) is 66.8. The van der Waals surface area contributed by atoms with Gasteiger partial charge in [0.05, 0.1) is 26.4 Å². The van der Waals surface area contributed by atoms with Gasteiger partial charge in [-0.1, -0.05) is 348 Å². The van der Waals surface area contributed by atoms with Crippen molar-refractivity contribution in [3.8, 4) is 0 Å². The second-order valence-electron chi connectivity index (χ2n) is 29.4. The van der Waals surface area contributed by atoms with Crippen LogP contribution in [0.5, 0.6) is 0 Å². The third kappa shape index (κ3) is 73.8. The van der Waals surface area contributed by atoms with E-state index in [2.05, 4.69) is 65.8 Å². The number of rotatable bonds is 78. The Morgan fingerprint density at radius 3 is 0.820 bits per heavy atom. The molecule has 2 unspecified atom stereocenters. The lowest BCUT2D eigenvalue weighted by Gasteiger charge is -2.21. The van der Waals surface area contributed by atoms with E-state index in [9.17, 15) is 43.2 Å². The summed E-state index contributed by atoms with van der Waals surface area (Å²) in [6, 6.07) is 0. The molecule has 0 bridgehead atoms. The molecule has 0 radical (unpaired) electrons. The maximum atomic E-state index is 13.1. The van der Waals surface area contributed by atoms with Gasteiger partial charge in [0.25, 0.3) is 0 Å². The summed E-state index contributed by atoms with van der Waals surface area (Å²) in [7, 11) is -9.93. The van der Waals surface area contributed by atoms with Crippen LogP contribution >= 0.6 is 15.6 Å². The summed E-state index contributed by atoms with van der Waals surface area (Å²) in [5.74, 6) is -0.666. The van der Waals surface area contributed by atoms with Gasteiger partial charge in [-0.2, -0.15) is 0 Å². The number of esters is 4. The third-order valence-electron chi connectivity index (χ3n) is 18.3. The summed E-state index contributed by atoms with van der Waals surface area (Å²) in [6.45, 7) is 9.51. The monoisotopic (exact) mass is 1460 g/mol. The molecule has 3 N–H and O–H groups in total. The molecule has 0 aliphatic heterocycles. The van der Waals surface area contributed by atoms with Crippen LogP contribution in [0.3, 0.4) is 0 Å². The zero-order valence-electron chi connectivity index (χ0n) is 65.0. The molecule has 0 aliphatic carbocycles. The quantitative estimate of drug-likeness (QED) is 0.0169. The molecule has 0 aliphatic rings. The van der Waals surface area contributed by atoms with Gasteiger partial charge in [0.1, 0.15) is 19.3 Å². The predicted octanol–water partition coefficient (Wildman–Crippen LogP) is 23.8. The molecule has 0 aromatic rings. The lowest BCUT2D eigenvalue weighted by molar-refractivity contribution is -0.161. The summed E-state index contributed by atoms with van der Waals surface area (Å²) in [5.41, 5.74) is 0. The first-order valence-electron chi connectivity index (χ1n) is 41.3. The highest BCUT2D eigenvalue weighted by Gasteiger charge is 2.30. The molecular formula is C81H154O17P2. The van der Waals surface area contributed by atoms with Gasteiger partial charge < -0.3 is 33.8 Å². The second kappa shape index (κ2) is 72.1. The highest BCUT2D eigenvalue weighted by molar-refractivity contribution is 7.47. The molecule has 19 heteroatoms. The molecule has 100 heavy (non-hydrogen) atoms. The van der Waals surface area contributed by atoms with Gasteiger partial charge in [-0.05, 0) is 63.2 Å². The Morgan fingerprint density at radius 2 is 0.540 bits per heavy atom. The van der Waals surface area contributed by atoms with Gasteiger partial charge in [0, 0.05) is 25.7 Å². The van der Waals surface area contributed by atoms with Gasteiger partial charge >= 0.3 is 39.5 Å². The van der Waals surface area contributed by atoms with E-state index in [1.807, 2.05) is 0 Å². The number of phosphoric acid groups is 2. The Morgan fingerprint density at radius 1 is 0.310 bits per heavy atom. The minimum atomic E-state index is -4.97.